The molecule has 0 aromatic carbocycles. The van der Waals surface area contributed by atoms with Crippen LogP contribution in [0.1, 0.15) is 5.69 Å². The second kappa shape index (κ2) is 6.34. The maximum Gasteiger partial charge on any atom is 0.142 e. The first-order valence-corrected chi connectivity index (χ1v) is 9.16. The number of hydrogen-bond donors (Lipinski definition) is 0. The van der Waals surface area contributed by atoms with Crippen LogP contribution in [0.3, 0.4) is 0 Å². The lowest BCUT2D eigenvalue weighted by molar-refractivity contribution is 0.0951. The Morgan fingerprint density at radius 2 is 2.18 bits per heavy atom. The normalized spacial score (nSPS) is 11.4. The number of ether oxygens (including phenoxy) is 1. The summed E-state index contributed by atoms with van der Waals surface area (Å²) >= 11 is 0. The Labute approximate surface area is 131 Å². The second-order valence-electron chi connectivity index (χ2n) is 5.23. The zero-order chi connectivity index (χ0) is 15.5. The van der Waals surface area contributed by atoms with Crippen molar-refractivity contribution in [3.63, 3.8) is 0 Å². The fraction of sp³-hybridized carbons (Fsp3) is 0.312. The van der Waals surface area contributed by atoms with Crippen LogP contribution in [0, 0.1) is 11.3 Å². The Hall–Kier alpha value is -2.10. The summed E-state index contributed by atoms with van der Waals surface area (Å²) in [4.78, 5) is 8.64. The highest BCUT2D eigenvalue weighted by atomic mass is 32.2. The molecule has 0 amide bonds. The molecule has 5 nitrogen and oxygen atoms in total. The molecule has 0 N–H and O–H groups in total. The van der Waals surface area contributed by atoms with Gasteiger partial charge in [-0.25, -0.2) is 9.97 Å². The van der Waals surface area contributed by atoms with Crippen LogP contribution in [0.15, 0.2) is 30.6 Å². The highest BCUT2D eigenvalue weighted by Gasteiger charge is 2.13. The Balaban J connectivity index is 2.01. The quantitative estimate of drug-likeness (QED) is 0.535. The first-order valence-electron chi connectivity index (χ1n) is 6.95. The van der Waals surface area contributed by atoms with E-state index >= 15 is 0 Å². The average Bonchev–Trinajstić information content (AvgIpc) is 2.85. The highest BCUT2D eigenvalue weighted by molar-refractivity contribution is 7.95. The Kier molecular flexibility index (Phi) is 4.27. The van der Waals surface area contributed by atoms with Crippen LogP contribution in [0.4, 0.5) is 0 Å². The minimum atomic E-state index is 0.379. The van der Waals surface area contributed by atoms with E-state index in [9.17, 15) is 0 Å². The molecule has 3 heterocycles. The largest absolute Gasteiger partial charge is 0.356 e. The molecule has 112 valence electrons. The van der Waals surface area contributed by atoms with Crippen LogP contribution in [-0.2, 0) is 22.4 Å². The second-order valence-corrected chi connectivity index (χ2v) is 7.61. The number of nitrogens with zero attached hydrogens (tertiary/aromatic N) is 4. The molecule has 0 fully saturated rings. The van der Waals surface area contributed by atoms with Gasteiger partial charge in [0.15, 0.2) is 0 Å². The van der Waals surface area contributed by atoms with Gasteiger partial charge in [-0.2, -0.15) is 5.26 Å². The molecular formula is C16H17N4OS+. The zero-order valence-corrected chi connectivity index (χ0v) is 13.4. The SMILES string of the molecule is C[S+](C)CCOCn1c2cnc(C#N)cc2c2cccnc21. The van der Waals surface area contributed by atoms with Gasteiger partial charge >= 0.3 is 0 Å². The van der Waals surface area contributed by atoms with Crippen LogP contribution >= 0.6 is 0 Å². The third-order valence-electron chi connectivity index (χ3n) is 3.48. The van der Waals surface area contributed by atoms with Crippen molar-refractivity contribution in [1.29, 1.82) is 5.26 Å². The summed E-state index contributed by atoms with van der Waals surface area (Å²) in [5.41, 5.74) is 2.22. The van der Waals surface area contributed by atoms with Gasteiger partial charge < -0.3 is 4.74 Å². The predicted octanol–water partition coefficient (Wildman–Crippen LogP) is 2.31. The van der Waals surface area contributed by atoms with Gasteiger partial charge in [-0.15, -0.1) is 0 Å². The van der Waals surface area contributed by atoms with Gasteiger partial charge in [0.25, 0.3) is 0 Å². The topological polar surface area (TPSA) is 63.7 Å². The smallest absolute Gasteiger partial charge is 0.142 e. The van der Waals surface area contributed by atoms with E-state index in [1.54, 1.807) is 12.4 Å². The van der Waals surface area contributed by atoms with E-state index < -0.39 is 0 Å². The van der Waals surface area contributed by atoms with E-state index in [0.717, 1.165) is 34.3 Å². The molecule has 6 heteroatoms. The van der Waals surface area contributed by atoms with Crippen molar-refractivity contribution < 1.29 is 4.74 Å². The number of nitriles is 1. The molecule has 0 saturated heterocycles. The molecule has 0 radical (unpaired) electrons. The average molecular weight is 313 g/mol. The molecule has 0 aliphatic heterocycles. The molecule has 0 spiro atoms. The van der Waals surface area contributed by atoms with E-state index in [1.165, 1.54) is 0 Å². The summed E-state index contributed by atoms with van der Waals surface area (Å²) in [5, 5.41) is 11.1. The lowest BCUT2D eigenvalue weighted by Crippen LogP contribution is -2.11. The minimum Gasteiger partial charge on any atom is -0.356 e. The van der Waals surface area contributed by atoms with Crippen molar-refractivity contribution >= 4 is 32.8 Å². The summed E-state index contributed by atoms with van der Waals surface area (Å²) in [5.74, 6) is 1.06. The van der Waals surface area contributed by atoms with E-state index in [-0.39, 0.29) is 0 Å². The maximum absolute atomic E-state index is 9.04. The van der Waals surface area contributed by atoms with E-state index in [2.05, 4.69) is 28.5 Å². The lowest BCUT2D eigenvalue weighted by atomic mass is 10.2. The molecule has 0 atom stereocenters. The molecule has 0 bridgehead atoms. The number of rotatable bonds is 5. The van der Waals surface area contributed by atoms with Gasteiger partial charge in [-0.3, -0.25) is 4.57 Å². The predicted molar refractivity (Wildman–Crippen MR) is 89.8 cm³/mol. The van der Waals surface area contributed by atoms with Crippen molar-refractivity contribution in [2.75, 3.05) is 24.9 Å². The van der Waals surface area contributed by atoms with Crippen LogP contribution in [0.2, 0.25) is 0 Å². The van der Waals surface area contributed by atoms with Gasteiger partial charge in [0.1, 0.15) is 29.9 Å². The molecule has 3 aromatic heterocycles. The fourth-order valence-corrected chi connectivity index (χ4v) is 2.84. The standard InChI is InChI=1S/C16H17N4OS/c1-22(2)7-6-21-11-20-15-10-19-12(9-17)8-14(15)13-4-3-5-18-16(13)20/h3-5,8,10H,6-7,11H2,1-2H3/q+1. The number of fused-ring (bicyclic) bond motifs is 3. The summed E-state index contributed by atoms with van der Waals surface area (Å²) in [6.45, 7) is 1.18. The highest BCUT2D eigenvalue weighted by Crippen LogP contribution is 2.27. The van der Waals surface area contributed by atoms with Crippen LogP contribution in [-0.4, -0.2) is 39.4 Å². The maximum atomic E-state index is 9.04. The molecule has 3 aromatic rings. The van der Waals surface area contributed by atoms with Gasteiger partial charge in [-0.05, 0) is 29.1 Å². The first-order chi connectivity index (χ1) is 10.7. The minimum absolute atomic E-state index is 0.379. The van der Waals surface area contributed by atoms with Crippen molar-refractivity contribution in [2.24, 2.45) is 0 Å². The Morgan fingerprint density at radius 3 is 2.95 bits per heavy atom. The number of aromatic nitrogens is 3. The molecule has 0 aliphatic rings. The van der Waals surface area contributed by atoms with Gasteiger partial charge in [0.2, 0.25) is 0 Å². The summed E-state index contributed by atoms with van der Waals surface area (Å²) in [7, 11) is 0.379. The van der Waals surface area contributed by atoms with Crippen molar-refractivity contribution in [3.8, 4) is 6.07 Å². The third kappa shape index (κ3) is 2.78. The van der Waals surface area contributed by atoms with E-state index in [4.69, 9.17) is 10.00 Å². The van der Waals surface area contributed by atoms with Crippen LogP contribution < -0.4 is 0 Å². The van der Waals surface area contributed by atoms with Crippen LogP contribution in [0.25, 0.3) is 21.9 Å². The molecule has 0 saturated carbocycles. The van der Waals surface area contributed by atoms with Gasteiger partial charge in [0, 0.05) is 17.0 Å². The molecular weight excluding hydrogens is 296 g/mol. The van der Waals surface area contributed by atoms with E-state index in [1.807, 2.05) is 22.8 Å². The summed E-state index contributed by atoms with van der Waals surface area (Å²) in [6, 6.07) is 7.81. The number of pyridine rings is 2. The lowest BCUT2D eigenvalue weighted by Gasteiger charge is -2.07. The van der Waals surface area contributed by atoms with Crippen molar-refractivity contribution in [2.45, 2.75) is 6.73 Å². The Bertz CT molecular complexity index is 850. The molecule has 0 aliphatic carbocycles. The van der Waals surface area contributed by atoms with E-state index in [0.29, 0.717) is 23.3 Å². The first kappa shape index (κ1) is 14.8. The summed E-state index contributed by atoms with van der Waals surface area (Å²) in [6.07, 6.45) is 7.91. The van der Waals surface area contributed by atoms with Crippen molar-refractivity contribution in [1.82, 2.24) is 14.5 Å². The van der Waals surface area contributed by atoms with Gasteiger partial charge in [0.05, 0.1) is 30.8 Å². The Morgan fingerprint density at radius 1 is 1.32 bits per heavy atom. The zero-order valence-electron chi connectivity index (χ0n) is 12.6. The van der Waals surface area contributed by atoms with Crippen LogP contribution in [0.5, 0.6) is 0 Å². The third-order valence-corrected chi connectivity index (χ3v) is 4.46. The molecule has 3 rings (SSSR count). The molecule has 0 unspecified atom stereocenters. The van der Waals surface area contributed by atoms with Gasteiger partial charge in [-0.1, -0.05) is 0 Å². The molecule has 22 heavy (non-hydrogen) atoms. The number of hydrogen-bond acceptors (Lipinski definition) is 4. The summed E-state index contributed by atoms with van der Waals surface area (Å²) < 4.78 is 7.81. The monoisotopic (exact) mass is 313 g/mol. The van der Waals surface area contributed by atoms with Crippen molar-refractivity contribution in [3.05, 3.63) is 36.3 Å². The fourth-order valence-electron chi connectivity index (χ4n) is 2.39.